The fourth-order valence-corrected chi connectivity index (χ4v) is 4.11. The third-order valence-corrected chi connectivity index (χ3v) is 6.04. The third kappa shape index (κ3) is 6.58. The van der Waals surface area contributed by atoms with Crippen molar-refractivity contribution in [2.24, 2.45) is 11.8 Å². The Bertz CT molecular complexity index is 830. The van der Waals surface area contributed by atoms with Crippen molar-refractivity contribution < 1.29 is 31.4 Å². The normalized spacial score (nSPS) is 19.5. The molecule has 0 aliphatic heterocycles. The summed E-state index contributed by atoms with van der Waals surface area (Å²) in [5.74, 6) is -0.899. The first kappa shape index (κ1) is 23.4. The van der Waals surface area contributed by atoms with Gasteiger partial charge in [0.2, 0.25) is 0 Å². The van der Waals surface area contributed by atoms with E-state index in [-0.39, 0.29) is 5.56 Å². The molecule has 2 aromatic carbocycles. The van der Waals surface area contributed by atoms with Gasteiger partial charge in [0.1, 0.15) is 5.75 Å². The standard InChI is InChI=1S/C24H27F5O2/c1-2-16-3-5-17(6-4-16)7-8-18-9-11-19(12-10-18)24(28,29)31-20-13-14-22(21(25)15-20)30-23(26)27/h9-17,23H,2-8H2,1H3. The van der Waals surface area contributed by atoms with Gasteiger partial charge >= 0.3 is 12.7 Å². The Balaban J connectivity index is 1.56. The molecule has 3 rings (SSSR count). The topological polar surface area (TPSA) is 18.5 Å². The van der Waals surface area contributed by atoms with Crippen LogP contribution >= 0.6 is 0 Å². The molecule has 0 bridgehead atoms. The first-order chi connectivity index (χ1) is 14.8. The second-order valence-electron chi connectivity index (χ2n) is 8.12. The highest BCUT2D eigenvalue weighted by Crippen LogP contribution is 2.35. The number of hydrogen-bond donors (Lipinski definition) is 0. The van der Waals surface area contributed by atoms with E-state index in [0.29, 0.717) is 12.0 Å². The van der Waals surface area contributed by atoms with Gasteiger partial charge in [0.05, 0.1) is 5.56 Å². The van der Waals surface area contributed by atoms with Crippen LogP contribution in [-0.4, -0.2) is 6.61 Å². The van der Waals surface area contributed by atoms with Crippen LogP contribution < -0.4 is 9.47 Å². The predicted molar refractivity (Wildman–Crippen MR) is 108 cm³/mol. The second kappa shape index (κ2) is 10.3. The van der Waals surface area contributed by atoms with Crippen molar-refractivity contribution in [3.8, 4) is 11.5 Å². The van der Waals surface area contributed by atoms with E-state index < -0.39 is 30.0 Å². The first-order valence-corrected chi connectivity index (χ1v) is 10.7. The maximum absolute atomic E-state index is 14.5. The summed E-state index contributed by atoms with van der Waals surface area (Å²) >= 11 is 0. The summed E-state index contributed by atoms with van der Waals surface area (Å²) < 4.78 is 75.6. The average Bonchev–Trinajstić information content (AvgIpc) is 2.74. The van der Waals surface area contributed by atoms with E-state index >= 15 is 0 Å². The summed E-state index contributed by atoms with van der Waals surface area (Å²) in [6, 6.07) is 8.28. The molecule has 0 spiro atoms. The zero-order valence-electron chi connectivity index (χ0n) is 17.4. The van der Waals surface area contributed by atoms with Crippen molar-refractivity contribution in [1.82, 2.24) is 0 Å². The van der Waals surface area contributed by atoms with Crippen LogP contribution in [0.4, 0.5) is 22.0 Å². The lowest BCUT2D eigenvalue weighted by atomic mass is 9.78. The van der Waals surface area contributed by atoms with Crippen molar-refractivity contribution in [3.63, 3.8) is 0 Å². The van der Waals surface area contributed by atoms with Gasteiger partial charge in [0.25, 0.3) is 0 Å². The Morgan fingerprint density at radius 3 is 2.19 bits per heavy atom. The van der Waals surface area contributed by atoms with Crippen LogP contribution in [0.25, 0.3) is 0 Å². The number of benzene rings is 2. The molecule has 0 radical (unpaired) electrons. The van der Waals surface area contributed by atoms with Gasteiger partial charge in [-0.2, -0.15) is 17.6 Å². The van der Waals surface area contributed by atoms with Crippen LogP contribution in [0.15, 0.2) is 42.5 Å². The number of halogens is 5. The van der Waals surface area contributed by atoms with E-state index in [4.69, 9.17) is 0 Å². The van der Waals surface area contributed by atoms with Gasteiger partial charge in [-0.25, -0.2) is 4.39 Å². The van der Waals surface area contributed by atoms with Crippen molar-refractivity contribution in [2.45, 2.75) is 64.6 Å². The lowest BCUT2D eigenvalue weighted by molar-refractivity contribution is -0.185. The molecule has 1 fully saturated rings. The Kier molecular flexibility index (Phi) is 7.79. The minimum absolute atomic E-state index is 0.368. The molecule has 2 aromatic rings. The Hall–Kier alpha value is -2.31. The van der Waals surface area contributed by atoms with E-state index in [0.717, 1.165) is 36.5 Å². The van der Waals surface area contributed by atoms with Gasteiger partial charge in [0.15, 0.2) is 11.6 Å². The molecule has 0 amide bonds. The van der Waals surface area contributed by atoms with E-state index in [1.54, 1.807) is 12.1 Å². The maximum Gasteiger partial charge on any atom is 0.426 e. The van der Waals surface area contributed by atoms with Crippen molar-refractivity contribution >= 4 is 0 Å². The Morgan fingerprint density at radius 1 is 0.968 bits per heavy atom. The number of alkyl halides is 4. The Morgan fingerprint density at radius 2 is 1.61 bits per heavy atom. The van der Waals surface area contributed by atoms with Crippen molar-refractivity contribution in [3.05, 3.63) is 59.4 Å². The molecule has 170 valence electrons. The van der Waals surface area contributed by atoms with Gasteiger partial charge in [-0.15, -0.1) is 0 Å². The monoisotopic (exact) mass is 442 g/mol. The smallest absolute Gasteiger partial charge is 0.426 e. The molecule has 1 aliphatic rings. The summed E-state index contributed by atoms with van der Waals surface area (Å²) in [7, 11) is 0. The number of hydrogen-bond acceptors (Lipinski definition) is 2. The summed E-state index contributed by atoms with van der Waals surface area (Å²) in [5.41, 5.74) is 0.615. The summed E-state index contributed by atoms with van der Waals surface area (Å²) in [5, 5.41) is 0. The van der Waals surface area contributed by atoms with Crippen molar-refractivity contribution in [1.29, 1.82) is 0 Å². The molecule has 7 heteroatoms. The predicted octanol–water partition coefficient (Wildman–Crippen LogP) is 7.70. The average molecular weight is 442 g/mol. The molecule has 0 N–H and O–H groups in total. The van der Waals surface area contributed by atoms with E-state index in [9.17, 15) is 22.0 Å². The van der Waals surface area contributed by atoms with E-state index in [1.165, 1.54) is 44.2 Å². The van der Waals surface area contributed by atoms with Gasteiger partial charge in [0, 0.05) is 6.07 Å². The quantitative estimate of drug-likeness (QED) is 0.370. The molecule has 1 aliphatic carbocycles. The lowest BCUT2D eigenvalue weighted by Gasteiger charge is -2.27. The summed E-state index contributed by atoms with van der Waals surface area (Å²) in [6.45, 7) is -0.980. The molecule has 0 saturated heterocycles. The van der Waals surface area contributed by atoms with Crippen molar-refractivity contribution in [2.75, 3.05) is 0 Å². The van der Waals surface area contributed by atoms with Gasteiger partial charge in [-0.05, 0) is 54.5 Å². The number of ether oxygens (including phenoxy) is 2. The molecule has 1 saturated carbocycles. The minimum atomic E-state index is -3.70. The zero-order chi connectivity index (χ0) is 22.4. The third-order valence-electron chi connectivity index (χ3n) is 6.04. The largest absolute Gasteiger partial charge is 0.432 e. The molecule has 0 aromatic heterocycles. The molecule has 0 heterocycles. The first-order valence-electron chi connectivity index (χ1n) is 10.7. The highest BCUT2D eigenvalue weighted by atomic mass is 19.3. The van der Waals surface area contributed by atoms with Gasteiger partial charge in [-0.1, -0.05) is 51.2 Å². The second-order valence-corrected chi connectivity index (χ2v) is 8.12. The van der Waals surface area contributed by atoms with Crippen LogP contribution in [0.2, 0.25) is 0 Å². The summed E-state index contributed by atoms with van der Waals surface area (Å²) in [6.07, 6.45) is 4.46. The van der Waals surface area contributed by atoms with Crippen LogP contribution in [0.5, 0.6) is 11.5 Å². The fourth-order valence-electron chi connectivity index (χ4n) is 4.11. The Labute approximate surface area is 179 Å². The number of rotatable bonds is 9. The molecule has 0 unspecified atom stereocenters. The molecule has 31 heavy (non-hydrogen) atoms. The highest BCUT2D eigenvalue weighted by molar-refractivity contribution is 5.34. The van der Waals surface area contributed by atoms with Crippen LogP contribution in [-0.2, 0) is 12.5 Å². The van der Waals surface area contributed by atoms with Gasteiger partial charge in [-0.3, -0.25) is 0 Å². The molecule has 2 nitrogen and oxygen atoms in total. The molecular weight excluding hydrogens is 415 g/mol. The van der Waals surface area contributed by atoms with E-state index in [1.807, 2.05) is 0 Å². The maximum atomic E-state index is 14.5. The van der Waals surface area contributed by atoms with Gasteiger partial charge < -0.3 is 9.47 Å². The van der Waals surface area contributed by atoms with Crippen LogP contribution in [0.3, 0.4) is 0 Å². The van der Waals surface area contributed by atoms with E-state index in [2.05, 4.69) is 16.4 Å². The lowest BCUT2D eigenvalue weighted by Crippen LogP contribution is -2.22. The minimum Gasteiger partial charge on any atom is -0.432 e. The SMILES string of the molecule is CCC1CCC(CCc2ccc(C(F)(F)Oc3ccc(OC(F)F)c(F)c3)cc2)CC1. The fraction of sp³-hybridized carbons (Fsp3) is 0.500. The van der Waals surface area contributed by atoms with Crippen LogP contribution in [0, 0.1) is 17.7 Å². The summed E-state index contributed by atoms with van der Waals surface area (Å²) in [4.78, 5) is 0. The molecule has 0 atom stereocenters. The molecular formula is C24H27F5O2. The van der Waals surface area contributed by atoms with Crippen LogP contribution in [0.1, 0.15) is 56.6 Å². The number of aryl methyl sites for hydroxylation is 1. The highest BCUT2D eigenvalue weighted by Gasteiger charge is 2.34. The zero-order valence-corrected chi connectivity index (χ0v) is 17.4.